The highest BCUT2D eigenvalue weighted by atomic mass is 19.4. The van der Waals surface area contributed by atoms with Crippen molar-refractivity contribution < 1.29 is 32.2 Å². The van der Waals surface area contributed by atoms with Crippen LogP contribution in [0, 0.1) is 0 Å². The number of anilines is 1. The Kier molecular flexibility index (Phi) is 7.52. The molecule has 2 aromatic rings. The predicted octanol–water partition coefficient (Wildman–Crippen LogP) is 4.31. The molecule has 1 aliphatic carbocycles. The number of rotatable bonds is 7. The molecule has 2 aromatic carbocycles. The first kappa shape index (κ1) is 26.3. The van der Waals surface area contributed by atoms with Gasteiger partial charge in [0.25, 0.3) is 5.91 Å². The van der Waals surface area contributed by atoms with Crippen LogP contribution in [0.5, 0.6) is 5.75 Å². The van der Waals surface area contributed by atoms with Crippen LogP contribution in [0.1, 0.15) is 48.0 Å². The number of nitrogens with one attached hydrogen (secondary N) is 1. The van der Waals surface area contributed by atoms with Gasteiger partial charge in [-0.2, -0.15) is 0 Å². The van der Waals surface area contributed by atoms with E-state index in [9.17, 15) is 22.8 Å². The highest BCUT2D eigenvalue weighted by Crippen LogP contribution is 2.42. The molecule has 38 heavy (non-hydrogen) atoms. The van der Waals surface area contributed by atoms with E-state index in [1.165, 1.54) is 24.3 Å². The van der Waals surface area contributed by atoms with E-state index < -0.39 is 11.9 Å². The van der Waals surface area contributed by atoms with Crippen LogP contribution in [-0.4, -0.2) is 67.5 Å². The zero-order chi connectivity index (χ0) is 26.8. The van der Waals surface area contributed by atoms with Crippen molar-refractivity contribution in [2.75, 3.05) is 37.7 Å². The number of nitrogens with zero attached hydrogens (tertiary/aromatic N) is 2. The van der Waals surface area contributed by atoms with Gasteiger partial charge in [-0.05, 0) is 74.1 Å². The lowest BCUT2D eigenvalue weighted by Crippen LogP contribution is -2.54. The average Bonchev–Trinajstić information content (AvgIpc) is 3.46. The number of halogens is 3. The van der Waals surface area contributed by atoms with Gasteiger partial charge < -0.3 is 24.6 Å². The first-order chi connectivity index (χ1) is 18.2. The molecule has 2 aliphatic heterocycles. The summed E-state index contributed by atoms with van der Waals surface area (Å²) in [6, 6.07) is 13.3. The maximum Gasteiger partial charge on any atom is 0.573 e. The van der Waals surface area contributed by atoms with Crippen molar-refractivity contribution in [1.82, 2.24) is 10.2 Å². The Morgan fingerprint density at radius 1 is 1.00 bits per heavy atom. The Labute approximate surface area is 219 Å². The summed E-state index contributed by atoms with van der Waals surface area (Å²) in [7, 11) is 0. The predicted molar refractivity (Wildman–Crippen MR) is 135 cm³/mol. The number of carbonyl (C=O) groups is 2. The van der Waals surface area contributed by atoms with Crippen LogP contribution < -0.4 is 15.0 Å². The van der Waals surface area contributed by atoms with Crippen LogP contribution in [0.15, 0.2) is 48.5 Å². The van der Waals surface area contributed by atoms with Gasteiger partial charge in [-0.1, -0.05) is 12.1 Å². The Hall–Kier alpha value is -3.27. The van der Waals surface area contributed by atoms with Crippen molar-refractivity contribution >= 4 is 17.5 Å². The van der Waals surface area contributed by atoms with Crippen LogP contribution in [0.2, 0.25) is 0 Å². The van der Waals surface area contributed by atoms with E-state index in [2.05, 4.69) is 15.0 Å². The number of benzene rings is 2. The summed E-state index contributed by atoms with van der Waals surface area (Å²) in [4.78, 5) is 30.5. The molecule has 0 unspecified atom stereocenters. The smallest absolute Gasteiger partial charge is 0.406 e. The Bertz CT molecular complexity index is 1130. The first-order valence-electron chi connectivity index (χ1n) is 13.1. The molecule has 1 N–H and O–H groups in total. The topological polar surface area (TPSA) is 71.1 Å². The largest absolute Gasteiger partial charge is 0.573 e. The zero-order valence-electron chi connectivity index (χ0n) is 21.1. The Morgan fingerprint density at radius 2 is 1.71 bits per heavy atom. The summed E-state index contributed by atoms with van der Waals surface area (Å²) in [6.45, 7) is 3.67. The van der Waals surface area contributed by atoms with Crippen LogP contribution in [-0.2, 0) is 16.0 Å². The molecule has 2 amide bonds. The highest BCUT2D eigenvalue weighted by molar-refractivity contribution is 5.95. The number of fused-ring (bicyclic) bond motifs is 1. The number of alkyl halides is 3. The fourth-order valence-corrected chi connectivity index (χ4v) is 5.98. The Morgan fingerprint density at radius 3 is 2.39 bits per heavy atom. The molecule has 10 heteroatoms. The van der Waals surface area contributed by atoms with Gasteiger partial charge in [0.05, 0.1) is 24.8 Å². The maximum atomic E-state index is 13.4. The monoisotopic (exact) mass is 531 g/mol. The van der Waals surface area contributed by atoms with Crippen LogP contribution in [0.3, 0.4) is 0 Å². The number of morpholine rings is 1. The molecule has 2 saturated heterocycles. The van der Waals surface area contributed by atoms with E-state index in [-0.39, 0.29) is 30.0 Å². The second-order valence-electron chi connectivity index (χ2n) is 10.2. The van der Waals surface area contributed by atoms with E-state index in [1.807, 2.05) is 29.2 Å². The fraction of sp³-hybridized carbons (Fsp3) is 0.500. The third kappa shape index (κ3) is 5.90. The number of aryl methyl sites for hydroxylation is 1. The maximum absolute atomic E-state index is 13.4. The van der Waals surface area contributed by atoms with Gasteiger partial charge in [0.1, 0.15) is 5.75 Å². The molecule has 7 nitrogen and oxygen atoms in total. The van der Waals surface area contributed by atoms with E-state index in [1.54, 1.807) is 0 Å². The number of amides is 2. The summed E-state index contributed by atoms with van der Waals surface area (Å²) in [5, 5.41) is 3.23. The fourth-order valence-electron chi connectivity index (χ4n) is 5.98. The van der Waals surface area contributed by atoms with Crippen LogP contribution in [0.4, 0.5) is 18.9 Å². The van der Waals surface area contributed by atoms with Gasteiger partial charge in [0.15, 0.2) is 0 Å². The third-order valence-corrected chi connectivity index (χ3v) is 7.85. The SMILES string of the molecule is O=C(CCc1ccc(OC(F)(F)F)cc1)N[C@@]12CCC[C@@H]1N(C(=O)c1ccc(N3CCOCC3)cc1)CC2. The molecular formula is C28H32F3N3O4. The quantitative estimate of drug-likeness (QED) is 0.577. The van der Waals surface area contributed by atoms with Crippen molar-refractivity contribution in [3.05, 3.63) is 59.7 Å². The molecule has 3 fully saturated rings. The normalized spacial score (nSPS) is 23.3. The van der Waals surface area contributed by atoms with Gasteiger partial charge in [0.2, 0.25) is 5.91 Å². The number of hydrogen-bond acceptors (Lipinski definition) is 5. The first-order valence-corrected chi connectivity index (χ1v) is 13.1. The standard InChI is InChI=1S/C28H32F3N3O4/c29-28(30,31)38-23-10-3-20(4-11-23)5-12-25(35)32-27-13-1-2-24(27)34(15-14-27)26(36)21-6-8-22(9-7-21)33-16-18-37-19-17-33/h3-4,6-11,24H,1-2,5,12-19H2,(H,32,35)/t24-,27+/m0/s1. The average molecular weight is 532 g/mol. The third-order valence-electron chi connectivity index (χ3n) is 7.85. The molecule has 1 saturated carbocycles. The molecule has 204 valence electrons. The number of carbonyl (C=O) groups excluding carboxylic acids is 2. The molecule has 3 aliphatic rings. The molecule has 0 radical (unpaired) electrons. The van der Waals surface area contributed by atoms with Crippen molar-refractivity contribution in [2.45, 2.75) is 56.5 Å². The molecular weight excluding hydrogens is 499 g/mol. The number of hydrogen-bond donors (Lipinski definition) is 1. The van der Waals surface area contributed by atoms with Crippen molar-refractivity contribution in [2.24, 2.45) is 0 Å². The number of likely N-dealkylation sites (tertiary alicyclic amines) is 1. The van der Waals surface area contributed by atoms with E-state index >= 15 is 0 Å². The summed E-state index contributed by atoms with van der Waals surface area (Å²) in [6.07, 6.45) is -0.801. The summed E-state index contributed by atoms with van der Waals surface area (Å²) in [5.74, 6) is -0.413. The van der Waals surface area contributed by atoms with Gasteiger partial charge in [-0.3, -0.25) is 9.59 Å². The van der Waals surface area contributed by atoms with Crippen molar-refractivity contribution in [1.29, 1.82) is 0 Å². The van der Waals surface area contributed by atoms with Gasteiger partial charge in [-0.15, -0.1) is 13.2 Å². The molecule has 0 bridgehead atoms. The zero-order valence-corrected chi connectivity index (χ0v) is 21.1. The summed E-state index contributed by atoms with van der Waals surface area (Å²) >= 11 is 0. The lowest BCUT2D eigenvalue weighted by Gasteiger charge is -2.33. The molecule has 2 heterocycles. The Balaban J connectivity index is 1.17. The molecule has 5 rings (SSSR count). The summed E-state index contributed by atoms with van der Waals surface area (Å²) < 4.78 is 46.4. The highest BCUT2D eigenvalue weighted by Gasteiger charge is 2.52. The second kappa shape index (κ2) is 10.8. The minimum atomic E-state index is -4.73. The molecule has 2 atom stereocenters. The second-order valence-corrected chi connectivity index (χ2v) is 10.2. The minimum Gasteiger partial charge on any atom is -0.406 e. The van der Waals surface area contributed by atoms with Crippen molar-refractivity contribution in [3.63, 3.8) is 0 Å². The van der Waals surface area contributed by atoms with Crippen LogP contribution >= 0.6 is 0 Å². The van der Waals surface area contributed by atoms with Gasteiger partial charge >= 0.3 is 6.36 Å². The lowest BCUT2D eigenvalue weighted by atomic mass is 9.92. The molecule has 0 aromatic heterocycles. The van der Waals surface area contributed by atoms with Gasteiger partial charge in [-0.25, -0.2) is 0 Å². The van der Waals surface area contributed by atoms with E-state index in [0.717, 1.165) is 43.6 Å². The van der Waals surface area contributed by atoms with Gasteiger partial charge in [0, 0.05) is 37.3 Å². The van der Waals surface area contributed by atoms with E-state index in [0.29, 0.717) is 38.2 Å². The summed E-state index contributed by atoms with van der Waals surface area (Å²) in [5.41, 5.74) is 2.05. The van der Waals surface area contributed by atoms with E-state index in [4.69, 9.17) is 4.74 Å². The van der Waals surface area contributed by atoms with Crippen molar-refractivity contribution in [3.8, 4) is 5.75 Å². The molecule has 0 spiro atoms. The minimum absolute atomic E-state index is 0.0114. The lowest BCUT2D eigenvalue weighted by molar-refractivity contribution is -0.274. The van der Waals surface area contributed by atoms with Crippen LogP contribution in [0.25, 0.3) is 0 Å². The number of ether oxygens (including phenoxy) is 2.